The summed E-state index contributed by atoms with van der Waals surface area (Å²) < 4.78 is 38.6. The molecule has 2 aromatic rings. The van der Waals surface area contributed by atoms with Crippen LogP contribution in [0.3, 0.4) is 0 Å². The molecule has 2 saturated heterocycles. The Balaban J connectivity index is 1.41. The molecule has 3 N–H and O–H groups in total. The van der Waals surface area contributed by atoms with Crippen molar-refractivity contribution in [2.24, 2.45) is 0 Å². The fourth-order valence-electron chi connectivity index (χ4n) is 5.61. The van der Waals surface area contributed by atoms with Gasteiger partial charge in [0.05, 0.1) is 24.8 Å². The van der Waals surface area contributed by atoms with Gasteiger partial charge in [-0.2, -0.15) is 5.26 Å². The van der Waals surface area contributed by atoms with Gasteiger partial charge in [-0.05, 0) is 50.8 Å². The molecule has 2 aliphatic rings. The van der Waals surface area contributed by atoms with E-state index in [0.717, 1.165) is 18.2 Å². The second kappa shape index (κ2) is 13.2. The molecule has 226 valence electrons. The van der Waals surface area contributed by atoms with Crippen LogP contribution >= 0.6 is 0 Å². The molecule has 10 nitrogen and oxygen atoms in total. The summed E-state index contributed by atoms with van der Waals surface area (Å²) in [5.41, 5.74) is 0.217. The lowest BCUT2D eigenvalue weighted by atomic mass is 9.76. The van der Waals surface area contributed by atoms with Crippen molar-refractivity contribution in [3.05, 3.63) is 47.7 Å². The van der Waals surface area contributed by atoms with E-state index in [1.54, 1.807) is 24.8 Å². The molecule has 42 heavy (non-hydrogen) atoms. The zero-order valence-electron chi connectivity index (χ0n) is 23.9. The molecule has 1 aromatic heterocycles. The molecule has 0 bridgehead atoms. The highest BCUT2D eigenvalue weighted by molar-refractivity contribution is 6.43. The average molecular weight is 586 g/mol. The number of carbonyl (C=O) groups excluding carboxylic acids is 2. The number of hydrogen-bond donors (Lipinski definition) is 3. The van der Waals surface area contributed by atoms with E-state index >= 15 is 0 Å². The van der Waals surface area contributed by atoms with Crippen LogP contribution in [0.4, 0.5) is 13.6 Å². The molecule has 4 rings (SSSR count). The molecule has 0 spiro atoms. The first-order chi connectivity index (χ1) is 19.9. The maximum atomic E-state index is 13.8. The molecule has 3 heterocycles. The molecule has 2 amide bonds. The lowest BCUT2D eigenvalue weighted by molar-refractivity contribution is -0.129. The summed E-state index contributed by atoms with van der Waals surface area (Å²) in [6.45, 7) is 3.29. The number of nitriles is 1. The number of carbonyl (C=O) groups is 2. The molecule has 0 unspecified atom stereocenters. The number of rotatable bonds is 9. The fraction of sp³-hybridized carbons (Fsp3) is 0.552. The number of likely N-dealkylation sites (tertiary alicyclic amines) is 2. The van der Waals surface area contributed by atoms with Gasteiger partial charge in [0.15, 0.2) is 0 Å². The summed E-state index contributed by atoms with van der Waals surface area (Å²) in [5.74, 6) is -4.44. The largest absolute Gasteiger partial charge is 0.475 e. The van der Waals surface area contributed by atoms with Crippen LogP contribution in [0.25, 0.3) is 11.0 Å². The van der Waals surface area contributed by atoms with Crippen LogP contribution in [0.2, 0.25) is 0 Å². The molecule has 0 aliphatic carbocycles. The van der Waals surface area contributed by atoms with Gasteiger partial charge in [0.25, 0.3) is 11.8 Å². The van der Waals surface area contributed by atoms with E-state index in [1.165, 1.54) is 17.2 Å². The van der Waals surface area contributed by atoms with Gasteiger partial charge in [-0.15, -0.1) is 0 Å². The number of para-hydroxylation sites is 1. The summed E-state index contributed by atoms with van der Waals surface area (Å²) in [7, 11) is -1.87. The van der Waals surface area contributed by atoms with Crippen molar-refractivity contribution < 1.29 is 37.6 Å². The monoisotopic (exact) mass is 586 g/mol. The van der Waals surface area contributed by atoms with Gasteiger partial charge in [0.1, 0.15) is 23.8 Å². The number of benzene rings is 1. The minimum Gasteiger partial charge on any atom is -0.464 e. The van der Waals surface area contributed by atoms with E-state index in [4.69, 9.17) is 9.15 Å². The quantitative estimate of drug-likeness (QED) is 0.231. The first kappa shape index (κ1) is 31.5. The summed E-state index contributed by atoms with van der Waals surface area (Å²) in [6.07, 6.45) is 4.73. The molecule has 0 radical (unpaired) electrons. The minimum absolute atomic E-state index is 0.0763. The van der Waals surface area contributed by atoms with Gasteiger partial charge in [-0.3, -0.25) is 9.69 Å². The number of nitrogens with zero attached hydrogens (tertiary/aromatic N) is 3. The van der Waals surface area contributed by atoms with Gasteiger partial charge < -0.3 is 29.4 Å². The molecule has 2 fully saturated rings. The van der Waals surface area contributed by atoms with Gasteiger partial charge in [0.2, 0.25) is 0 Å². The molecule has 1 aromatic carbocycles. The number of nitrogens with one attached hydrogen (secondary N) is 1. The van der Waals surface area contributed by atoms with E-state index in [1.807, 2.05) is 24.3 Å². The number of halogens is 2. The van der Waals surface area contributed by atoms with Crippen molar-refractivity contribution in [2.45, 2.75) is 75.8 Å². The van der Waals surface area contributed by atoms with Crippen LogP contribution in [0.1, 0.15) is 51.5 Å². The average Bonchev–Trinajstić information content (AvgIpc) is 3.44. The van der Waals surface area contributed by atoms with Gasteiger partial charge in [-0.25, -0.2) is 13.6 Å². The SMILES string of the molecule is CC(C)(/C=C(\C#N)C(=O)N1CCCCC[C@@H]1COC(=O)N[C@@H](Cc1coc2ccccc12)B(O)O)N1CCC(F)(F)C1. The second-order valence-electron chi connectivity index (χ2n) is 11.6. The highest BCUT2D eigenvalue weighted by Crippen LogP contribution is 2.33. The topological polar surface area (TPSA) is 139 Å². The van der Waals surface area contributed by atoms with E-state index in [-0.39, 0.29) is 31.6 Å². The maximum Gasteiger partial charge on any atom is 0.475 e. The molecule has 13 heteroatoms. The van der Waals surface area contributed by atoms with Crippen LogP contribution in [-0.2, 0) is 16.0 Å². The second-order valence-corrected chi connectivity index (χ2v) is 11.6. The third kappa shape index (κ3) is 7.67. The van der Waals surface area contributed by atoms with Crippen molar-refractivity contribution in [2.75, 3.05) is 26.2 Å². The Bertz CT molecular complexity index is 1340. The fourth-order valence-corrected chi connectivity index (χ4v) is 5.61. The normalized spacial score (nSPS) is 20.5. The lowest BCUT2D eigenvalue weighted by Gasteiger charge is -2.34. The van der Waals surface area contributed by atoms with Crippen LogP contribution in [0, 0.1) is 11.3 Å². The predicted octanol–water partition coefficient (Wildman–Crippen LogP) is 3.42. The van der Waals surface area contributed by atoms with Crippen LogP contribution < -0.4 is 5.32 Å². The van der Waals surface area contributed by atoms with Crippen molar-refractivity contribution in [3.63, 3.8) is 0 Å². The Labute approximate surface area is 244 Å². The molecular weight excluding hydrogens is 549 g/mol. The zero-order valence-corrected chi connectivity index (χ0v) is 23.9. The molecule has 2 aliphatic heterocycles. The van der Waals surface area contributed by atoms with E-state index in [2.05, 4.69) is 5.32 Å². The number of amides is 2. The smallest absolute Gasteiger partial charge is 0.464 e. The third-order valence-electron chi connectivity index (χ3n) is 8.04. The van der Waals surface area contributed by atoms with Gasteiger partial charge >= 0.3 is 13.2 Å². The highest BCUT2D eigenvalue weighted by atomic mass is 19.3. The first-order valence-electron chi connectivity index (χ1n) is 14.2. The first-order valence-corrected chi connectivity index (χ1v) is 14.2. The number of hydrogen-bond acceptors (Lipinski definition) is 8. The number of furan rings is 1. The Morgan fingerprint density at radius 1 is 1.29 bits per heavy atom. The number of fused-ring (bicyclic) bond motifs is 1. The Morgan fingerprint density at radius 3 is 2.74 bits per heavy atom. The standard InChI is InChI=1S/C29H37BF2N4O6/c1-28(2,35-13-11-29(31,32)19-35)15-21(16-33)26(37)36-12-7-3-4-8-22(36)18-42-27(38)34-25(30(39)40)14-20-17-41-24-10-6-5-9-23(20)24/h5-6,9-10,15,17,22,25,39-40H,3-4,7-8,11-14,18-19H2,1-2H3,(H,34,38)/b21-15+/t22-,25+/m1/s1. The van der Waals surface area contributed by atoms with Crippen molar-refractivity contribution in [3.8, 4) is 6.07 Å². The number of alkyl carbamates (subject to hydrolysis) is 1. The minimum atomic E-state index is -2.81. The van der Waals surface area contributed by atoms with E-state index < -0.39 is 49.1 Å². The Kier molecular flexibility index (Phi) is 9.91. The number of alkyl halides is 2. The number of ether oxygens (including phenoxy) is 1. The summed E-state index contributed by atoms with van der Waals surface area (Å²) in [5, 5.41) is 32.9. The lowest BCUT2D eigenvalue weighted by Crippen LogP contribution is -2.49. The van der Waals surface area contributed by atoms with E-state index in [0.29, 0.717) is 30.5 Å². The van der Waals surface area contributed by atoms with Gasteiger partial charge in [-0.1, -0.05) is 31.0 Å². The Hall–Kier alpha value is -3.47. The third-order valence-corrected chi connectivity index (χ3v) is 8.04. The van der Waals surface area contributed by atoms with Crippen molar-refractivity contribution >= 4 is 30.1 Å². The van der Waals surface area contributed by atoms with Crippen LogP contribution in [0.15, 0.2) is 46.6 Å². The van der Waals surface area contributed by atoms with Crippen molar-refractivity contribution in [1.82, 2.24) is 15.1 Å². The van der Waals surface area contributed by atoms with Crippen molar-refractivity contribution in [1.29, 1.82) is 5.26 Å². The van der Waals surface area contributed by atoms with Gasteiger partial charge in [0, 0.05) is 30.4 Å². The molecule has 2 atom stereocenters. The molecule has 0 saturated carbocycles. The maximum absolute atomic E-state index is 13.8. The summed E-state index contributed by atoms with van der Waals surface area (Å²) >= 11 is 0. The highest BCUT2D eigenvalue weighted by Gasteiger charge is 2.43. The summed E-state index contributed by atoms with van der Waals surface area (Å²) in [6, 6.07) is 8.69. The summed E-state index contributed by atoms with van der Waals surface area (Å²) in [4.78, 5) is 29.3. The van der Waals surface area contributed by atoms with Crippen LogP contribution in [0.5, 0.6) is 0 Å². The zero-order chi connectivity index (χ0) is 30.5. The Morgan fingerprint density at radius 2 is 2.05 bits per heavy atom. The molecular formula is C29H37BF2N4O6. The van der Waals surface area contributed by atoms with E-state index in [9.17, 15) is 33.7 Å². The van der Waals surface area contributed by atoms with Crippen LogP contribution in [-0.4, -0.2) is 88.7 Å². The predicted molar refractivity (Wildman–Crippen MR) is 151 cm³/mol.